The highest BCUT2D eigenvalue weighted by Gasteiger charge is 2.25. The molecule has 3 aromatic rings. The Morgan fingerprint density at radius 1 is 1.10 bits per heavy atom. The van der Waals surface area contributed by atoms with E-state index in [0.717, 1.165) is 36.4 Å². The summed E-state index contributed by atoms with van der Waals surface area (Å²) >= 11 is 3.48. The molecule has 0 spiro atoms. The number of rotatable bonds is 7. The zero-order valence-electron chi connectivity index (χ0n) is 18.2. The minimum atomic E-state index is -0.101. The van der Waals surface area contributed by atoms with E-state index in [1.54, 1.807) is 49.0 Å². The van der Waals surface area contributed by atoms with E-state index >= 15 is 0 Å². The van der Waals surface area contributed by atoms with E-state index in [9.17, 15) is 4.79 Å². The van der Waals surface area contributed by atoms with Crippen molar-refractivity contribution in [1.82, 2.24) is 0 Å². The van der Waals surface area contributed by atoms with Crippen molar-refractivity contribution >= 4 is 39.3 Å². The molecule has 0 bridgehead atoms. The van der Waals surface area contributed by atoms with E-state index in [4.69, 9.17) is 9.47 Å². The van der Waals surface area contributed by atoms with Crippen molar-refractivity contribution in [3.05, 3.63) is 56.1 Å². The third-order valence-corrected chi connectivity index (χ3v) is 7.95. The second-order valence-corrected chi connectivity index (χ2v) is 9.78. The van der Waals surface area contributed by atoms with Crippen LogP contribution >= 0.6 is 22.7 Å². The van der Waals surface area contributed by atoms with Gasteiger partial charge < -0.3 is 20.1 Å². The summed E-state index contributed by atoms with van der Waals surface area (Å²) in [6.07, 6.45) is 5.51. The first-order valence-electron chi connectivity index (χ1n) is 10.6. The van der Waals surface area contributed by atoms with Crippen LogP contribution in [-0.4, -0.2) is 20.1 Å². The fourth-order valence-electron chi connectivity index (χ4n) is 3.95. The Bertz CT molecular complexity index is 1070. The van der Waals surface area contributed by atoms with E-state index in [1.807, 2.05) is 6.07 Å². The Labute approximate surface area is 191 Å². The second-order valence-electron chi connectivity index (χ2n) is 7.67. The molecule has 0 radical (unpaired) electrons. The van der Waals surface area contributed by atoms with Crippen LogP contribution in [0.5, 0.6) is 11.5 Å². The number of benzene rings is 1. The number of hydrogen-bond acceptors (Lipinski definition) is 6. The maximum Gasteiger partial charge on any atom is 0.259 e. The van der Waals surface area contributed by atoms with Crippen LogP contribution in [0.25, 0.3) is 0 Å². The highest BCUT2D eigenvalue weighted by atomic mass is 32.1. The minimum absolute atomic E-state index is 0.101. The van der Waals surface area contributed by atoms with Gasteiger partial charge in [-0.15, -0.1) is 22.7 Å². The van der Waals surface area contributed by atoms with Crippen LogP contribution in [-0.2, 0) is 19.4 Å². The van der Waals surface area contributed by atoms with Crippen LogP contribution in [0, 0.1) is 6.92 Å². The summed E-state index contributed by atoms with van der Waals surface area (Å²) in [5.41, 5.74) is 3.87. The summed E-state index contributed by atoms with van der Waals surface area (Å²) in [5, 5.41) is 9.71. The average Bonchev–Trinajstić information content (AvgIpc) is 3.26. The lowest BCUT2D eigenvalue weighted by molar-refractivity contribution is 0.102. The molecule has 1 amide bonds. The van der Waals surface area contributed by atoms with Crippen molar-refractivity contribution < 1.29 is 14.3 Å². The maximum absolute atomic E-state index is 13.5. The number of nitrogens with one attached hydrogen (secondary N) is 2. The molecule has 2 aromatic heterocycles. The first kappa shape index (κ1) is 21.7. The van der Waals surface area contributed by atoms with Gasteiger partial charge in [-0.1, -0.05) is 6.42 Å². The molecule has 0 saturated heterocycles. The third-order valence-electron chi connectivity index (χ3n) is 5.68. The monoisotopic (exact) mass is 456 g/mol. The molecule has 0 atom stereocenters. The molecule has 2 heterocycles. The van der Waals surface area contributed by atoms with Crippen LogP contribution in [0.1, 0.15) is 50.5 Å². The maximum atomic E-state index is 13.5. The van der Waals surface area contributed by atoms with Crippen molar-refractivity contribution in [2.45, 2.75) is 45.6 Å². The first-order chi connectivity index (χ1) is 15.1. The zero-order valence-corrected chi connectivity index (χ0v) is 19.8. The van der Waals surface area contributed by atoms with Crippen molar-refractivity contribution in [3.8, 4) is 11.5 Å². The quantitative estimate of drug-likeness (QED) is 0.412. The molecule has 164 valence electrons. The minimum Gasteiger partial charge on any atom is -0.497 e. The Morgan fingerprint density at radius 2 is 1.94 bits per heavy atom. The normalized spacial score (nSPS) is 13.3. The molecular weight excluding hydrogens is 428 g/mol. The highest BCUT2D eigenvalue weighted by molar-refractivity contribution is 7.16. The Morgan fingerprint density at radius 3 is 2.68 bits per heavy atom. The fourth-order valence-corrected chi connectivity index (χ4v) is 6.08. The SMILES string of the molecule is COc1ccc(OC)c(NC(=O)c2c(NCc3sccc3C)sc3c2CCCCC3)c1. The van der Waals surface area contributed by atoms with Gasteiger partial charge in [-0.05, 0) is 67.3 Å². The zero-order chi connectivity index (χ0) is 21.8. The molecule has 1 aliphatic rings. The number of amides is 1. The molecule has 7 heteroatoms. The van der Waals surface area contributed by atoms with E-state index < -0.39 is 0 Å². The summed E-state index contributed by atoms with van der Waals surface area (Å²) in [4.78, 5) is 16.2. The number of aryl methyl sites for hydroxylation is 2. The van der Waals surface area contributed by atoms with Crippen molar-refractivity contribution in [1.29, 1.82) is 0 Å². The van der Waals surface area contributed by atoms with Gasteiger partial charge in [0, 0.05) is 15.8 Å². The molecule has 0 aliphatic heterocycles. The molecule has 4 rings (SSSR count). The standard InChI is InChI=1S/C24H28N2O3S2/c1-15-11-12-30-21(15)14-25-24-22(17-7-5-4-6-8-20(17)31-24)23(27)26-18-13-16(28-2)9-10-19(18)29-3/h9-13,25H,4-8,14H2,1-3H3,(H,26,27). The van der Waals surface area contributed by atoms with Crippen molar-refractivity contribution in [2.75, 3.05) is 24.9 Å². The van der Waals surface area contributed by atoms with Crippen LogP contribution in [0.15, 0.2) is 29.6 Å². The third kappa shape index (κ3) is 4.72. The lowest BCUT2D eigenvalue weighted by Gasteiger charge is -2.14. The van der Waals surface area contributed by atoms with Crippen LogP contribution in [0.2, 0.25) is 0 Å². The largest absolute Gasteiger partial charge is 0.497 e. The first-order valence-corrected chi connectivity index (χ1v) is 12.2. The molecule has 5 nitrogen and oxygen atoms in total. The molecule has 0 saturated carbocycles. The number of carbonyl (C=O) groups is 1. The van der Waals surface area contributed by atoms with Gasteiger partial charge in [-0.25, -0.2) is 0 Å². The molecule has 31 heavy (non-hydrogen) atoms. The number of methoxy groups -OCH3 is 2. The molecule has 1 aromatic carbocycles. The second kappa shape index (κ2) is 9.75. The van der Waals surface area contributed by atoms with Crippen LogP contribution < -0.4 is 20.1 Å². The lowest BCUT2D eigenvalue weighted by Crippen LogP contribution is -2.16. The number of ether oxygens (including phenoxy) is 2. The summed E-state index contributed by atoms with van der Waals surface area (Å²) in [7, 11) is 3.21. The van der Waals surface area contributed by atoms with Gasteiger partial charge in [0.05, 0.1) is 32.0 Å². The van der Waals surface area contributed by atoms with E-state index in [-0.39, 0.29) is 5.91 Å². The van der Waals surface area contributed by atoms with Gasteiger partial charge in [-0.3, -0.25) is 4.79 Å². The Balaban J connectivity index is 1.66. The van der Waals surface area contributed by atoms with Crippen LogP contribution in [0.4, 0.5) is 10.7 Å². The molecule has 0 fully saturated rings. The van der Waals surface area contributed by atoms with E-state index in [1.165, 1.54) is 33.7 Å². The van der Waals surface area contributed by atoms with Gasteiger partial charge in [0.25, 0.3) is 5.91 Å². The predicted molar refractivity (Wildman–Crippen MR) is 129 cm³/mol. The Kier molecular flexibility index (Phi) is 6.83. The molecule has 2 N–H and O–H groups in total. The smallest absolute Gasteiger partial charge is 0.259 e. The predicted octanol–water partition coefficient (Wildman–Crippen LogP) is 6.27. The van der Waals surface area contributed by atoms with Crippen molar-refractivity contribution in [2.24, 2.45) is 0 Å². The number of fused-ring (bicyclic) bond motifs is 1. The summed E-state index contributed by atoms with van der Waals surface area (Å²) in [6, 6.07) is 7.56. The number of carbonyl (C=O) groups excluding carboxylic acids is 1. The van der Waals surface area contributed by atoms with Crippen molar-refractivity contribution in [3.63, 3.8) is 0 Å². The average molecular weight is 457 g/mol. The lowest BCUT2D eigenvalue weighted by atomic mass is 10.0. The Hall–Kier alpha value is -2.51. The van der Waals surface area contributed by atoms with Gasteiger partial charge in [-0.2, -0.15) is 0 Å². The number of hydrogen-bond donors (Lipinski definition) is 2. The van der Waals surface area contributed by atoms with Gasteiger partial charge in [0.2, 0.25) is 0 Å². The van der Waals surface area contributed by atoms with Gasteiger partial charge in [0.1, 0.15) is 16.5 Å². The highest BCUT2D eigenvalue weighted by Crippen LogP contribution is 2.39. The van der Waals surface area contributed by atoms with Gasteiger partial charge >= 0.3 is 0 Å². The number of thiophene rings is 2. The summed E-state index contributed by atoms with van der Waals surface area (Å²) < 4.78 is 10.8. The summed E-state index contributed by atoms with van der Waals surface area (Å²) in [6.45, 7) is 2.85. The van der Waals surface area contributed by atoms with E-state index in [0.29, 0.717) is 17.2 Å². The summed E-state index contributed by atoms with van der Waals surface area (Å²) in [5.74, 6) is 1.18. The molecule has 1 aliphatic carbocycles. The van der Waals surface area contributed by atoms with Gasteiger partial charge in [0.15, 0.2) is 0 Å². The fraction of sp³-hybridized carbons (Fsp3) is 0.375. The molecule has 0 unspecified atom stereocenters. The topological polar surface area (TPSA) is 59.6 Å². The van der Waals surface area contributed by atoms with Crippen LogP contribution in [0.3, 0.4) is 0 Å². The van der Waals surface area contributed by atoms with E-state index in [2.05, 4.69) is 29.0 Å². The molecular formula is C24H28N2O3S2. The number of anilines is 2.